The molecule has 0 amide bonds. The fourth-order valence-electron chi connectivity index (χ4n) is 3.91. The van der Waals surface area contributed by atoms with E-state index in [4.69, 9.17) is 9.47 Å². The Morgan fingerprint density at radius 3 is 2.60 bits per heavy atom. The largest absolute Gasteiger partial charge is 0.512 e. The maximum Gasteiger partial charge on any atom is 0.279 e. The van der Waals surface area contributed by atoms with Crippen LogP contribution in [0.25, 0.3) is 15.8 Å². The summed E-state index contributed by atoms with van der Waals surface area (Å²) in [6.07, 6.45) is 1.66. The lowest BCUT2D eigenvalue weighted by molar-refractivity contribution is -0.116. The van der Waals surface area contributed by atoms with E-state index >= 15 is 0 Å². The molecule has 0 spiro atoms. The Balaban J connectivity index is 1.71. The SMILES string of the molecule is CCc1ccc(Oc2nc3ccc(OC)cc3s2)cc1C1=C(O)CC(C)(C)CC1=O. The zero-order valence-electron chi connectivity index (χ0n) is 17.6. The van der Waals surface area contributed by atoms with Gasteiger partial charge in [-0.1, -0.05) is 38.2 Å². The van der Waals surface area contributed by atoms with Gasteiger partial charge in [-0.3, -0.25) is 4.79 Å². The molecule has 1 aliphatic carbocycles. The zero-order chi connectivity index (χ0) is 21.5. The second-order valence-electron chi connectivity index (χ2n) is 8.35. The van der Waals surface area contributed by atoms with Gasteiger partial charge in [0.25, 0.3) is 5.19 Å². The third kappa shape index (κ3) is 3.92. The minimum Gasteiger partial charge on any atom is -0.512 e. The molecule has 5 nitrogen and oxygen atoms in total. The average molecular weight is 424 g/mol. The predicted molar refractivity (Wildman–Crippen MR) is 120 cm³/mol. The molecule has 6 heteroatoms. The first kappa shape index (κ1) is 20.4. The van der Waals surface area contributed by atoms with Gasteiger partial charge in [-0.25, -0.2) is 4.98 Å². The van der Waals surface area contributed by atoms with E-state index in [0.717, 1.165) is 33.5 Å². The summed E-state index contributed by atoms with van der Waals surface area (Å²) in [6, 6.07) is 11.4. The number of rotatable bonds is 5. The highest BCUT2D eigenvalue weighted by atomic mass is 32.1. The van der Waals surface area contributed by atoms with Crippen molar-refractivity contribution in [2.75, 3.05) is 7.11 Å². The number of carbonyl (C=O) groups is 1. The van der Waals surface area contributed by atoms with Crippen molar-refractivity contribution in [3.63, 3.8) is 0 Å². The number of Topliss-reactive ketones (excluding diaryl/α,β-unsaturated/α-hetero) is 1. The Morgan fingerprint density at radius 2 is 1.90 bits per heavy atom. The van der Waals surface area contributed by atoms with Crippen molar-refractivity contribution < 1.29 is 19.4 Å². The van der Waals surface area contributed by atoms with Crippen LogP contribution >= 0.6 is 11.3 Å². The lowest BCUT2D eigenvalue weighted by Crippen LogP contribution is -2.25. The fourth-order valence-corrected chi connectivity index (χ4v) is 4.77. The number of ketones is 1. The van der Waals surface area contributed by atoms with Crippen molar-refractivity contribution in [1.82, 2.24) is 4.98 Å². The minimum absolute atomic E-state index is 0.0253. The van der Waals surface area contributed by atoms with Crippen LogP contribution in [0.1, 0.15) is 44.7 Å². The summed E-state index contributed by atoms with van der Waals surface area (Å²) in [4.78, 5) is 17.4. The molecular weight excluding hydrogens is 398 g/mol. The molecule has 0 bridgehead atoms. The molecule has 2 aromatic carbocycles. The molecule has 1 aromatic heterocycles. The van der Waals surface area contributed by atoms with Crippen LogP contribution < -0.4 is 9.47 Å². The lowest BCUT2D eigenvalue weighted by Gasteiger charge is -2.30. The molecule has 0 saturated carbocycles. The first-order valence-corrected chi connectivity index (χ1v) is 10.8. The van der Waals surface area contributed by atoms with Crippen LogP contribution in [-0.4, -0.2) is 23.0 Å². The van der Waals surface area contributed by atoms with Crippen molar-refractivity contribution in [1.29, 1.82) is 0 Å². The highest BCUT2D eigenvalue weighted by Gasteiger charge is 2.34. The summed E-state index contributed by atoms with van der Waals surface area (Å²) < 4.78 is 12.3. The zero-order valence-corrected chi connectivity index (χ0v) is 18.4. The van der Waals surface area contributed by atoms with Gasteiger partial charge < -0.3 is 14.6 Å². The van der Waals surface area contributed by atoms with Crippen LogP contribution in [0, 0.1) is 5.41 Å². The van der Waals surface area contributed by atoms with Gasteiger partial charge in [0.05, 0.1) is 22.9 Å². The van der Waals surface area contributed by atoms with E-state index in [1.54, 1.807) is 7.11 Å². The second kappa shape index (κ2) is 7.76. The van der Waals surface area contributed by atoms with Crippen LogP contribution in [0.3, 0.4) is 0 Å². The average Bonchev–Trinajstić information content (AvgIpc) is 3.08. The second-order valence-corrected chi connectivity index (χ2v) is 9.34. The number of carbonyl (C=O) groups excluding carboxylic acids is 1. The summed E-state index contributed by atoms with van der Waals surface area (Å²) in [7, 11) is 1.63. The molecule has 4 rings (SSSR count). The Labute approximate surface area is 180 Å². The van der Waals surface area contributed by atoms with Crippen LogP contribution in [0.2, 0.25) is 0 Å². The van der Waals surface area contributed by atoms with Crippen LogP contribution in [0.5, 0.6) is 16.7 Å². The van der Waals surface area contributed by atoms with E-state index < -0.39 is 0 Å². The Bertz CT molecular complexity index is 1160. The lowest BCUT2D eigenvalue weighted by atomic mass is 9.74. The fraction of sp³-hybridized carbons (Fsp3) is 0.333. The number of hydrogen-bond acceptors (Lipinski definition) is 6. The number of hydrogen-bond donors (Lipinski definition) is 1. The third-order valence-electron chi connectivity index (χ3n) is 5.37. The minimum atomic E-state index is -0.229. The number of aromatic nitrogens is 1. The molecule has 0 unspecified atom stereocenters. The quantitative estimate of drug-likeness (QED) is 0.520. The molecular formula is C24H25NO4S. The molecule has 156 valence electrons. The van der Waals surface area contributed by atoms with E-state index in [-0.39, 0.29) is 17.0 Å². The van der Waals surface area contributed by atoms with Crippen molar-refractivity contribution in [2.24, 2.45) is 5.41 Å². The summed E-state index contributed by atoms with van der Waals surface area (Å²) in [6.45, 7) is 6.04. The molecule has 0 fully saturated rings. The number of ether oxygens (including phenoxy) is 2. The first-order chi connectivity index (χ1) is 14.3. The van der Waals surface area contributed by atoms with E-state index in [0.29, 0.717) is 29.4 Å². The molecule has 1 heterocycles. The number of methoxy groups -OCH3 is 1. The summed E-state index contributed by atoms with van der Waals surface area (Å²) >= 11 is 1.43. The van der Waals surface area contributed by atoms with Gasteiger partial charge in [0, 0.05) is 12.8 Å². The van der Waals surface area contributed by atoms with Crippen molar-refractivity contribution in [3.05, 3.63) is 53.3 Å². The van der Waals surface area contributed by atoms with Gasteiger partial charge in [0.1, 0.15) is 17.3 Å². The molecule has 30 heavy (non-hydrogen) atoms. The van der Waals surface area contributed by atoms with Gasteiger partial charge in [0.2, 0.25) is 0 Å². The molecule has 3 aromatic rings. The van der Waals surface area contributed by atoms with Crippen molar-refractivity contribution in [3.8, 4) is 16.7 Å². The normalized spacial score (nSPS) is 16.2. The maximum absolute atomic E-state index is 12.9. The maximum atomic E-state index is 12.9. The summed E-state index contributed by atoms with van der Waals surface area (Å²) in [5, 5.41) is 11.2. The number of aliphatic hydroxyl groups excluding tert-OH is 1. The Hall–Kier alpha value is -2.86. The highest BCUT2D eigenvalue weighted by molar-refractivity contribution is 7.20. The van der Waals surface area contributed by atoms with E-state index in [1.165, 1.54) is 11.3 Å². The number of aliphatic hydroxyl groups is 1. The van der Waals surface area contributed by atoms with Crippen molar-refractivity contribution >= 4 is 32.9 Å². The van der Waals surface area contributed by atoms with Gasteiger partial charge >= 0.3 is 0 Å². The van der Waals surface area contributed by atoms with Crippen LogP contribution in [0.15, 0.2) is 42.2 Å². The number of thiazole rings is 1. The first-order valence-electron chi connectivity index (χ1n) is 10.0. The Kier molecular flexibility index (Phi) is 5.28. The van der Waals surface area contributed by atoms with Crippen LogP contribution in [0.4, 0.5) is 0 Å². The van der Waals surface area contributed by atoms with E-state index in [2.05, 4.69) is 4.98 Å². The molecule has 0 aliphatic heterocycles. The molecule has 0 saturated heterocycles. The number of allylic oxidation sites excluding steroid dienone is 2. The third-order valence-corrected chi connectivity index (χ3v) is 6.26. The summed E-state index contributed by atoms with van der Waals surface area (Å²) in [5.74, 6) is 1.50. The molecule has 0 atom stereocenters. The highest BCUT2D eigenvalue weighted by Crippen LogP contribution is 2.41. The van der Waals surface area contributed by atoms with Gasteiger partial charge in [-0.05, 0) is 53.3 Å². The number of aryl methyl sites for hydroxylation is 1. The number of fused-ring (bicyclic) bond motifs is 1. The molecule has 0 radical (unpaired) electrons. The number of nitrogens with zero attached hydrogens (tertiary/aromatic N) is 1. The smallest absolute Gasteiger partial charge is 0.279 e. The standard InChI is InChI=1S/C24H25NO4S/c1-5-14-6-7-16(10-17(14)22-19(26)12-24(2,3)13-20(22)27)29-23-25-18-9-8-15(28-4)11-21(18)30-23/h6-11,26H,5,12-13H2,1-4H3. The van der Waals surface area contributed by atoms with E-state index in [1.807, 2.05) is 57.2 Å². The van der Waals surface area contributed by atoms with Crippen LogP contribution in [-0.2, 0) is 11.2 Å². The van der Waals surface area contributed by atoms with E-state index in [9.17, 15) is 9.90 Å². The topological polar surface area (TPSA) is 68.7 Å². The number of benzene rings is 2. The molecule has 1 aliphatic rings. The molecule has 1 N–H and O–H groups in total. The Morgan fingerprint density at radius 1 is 1.13 bits per heavy atom. The van der Waals surface area contributed by atoms with Gasteiger partial charge in [-0.15, -0.1) is 0 Å². The van der Waals surface area contributed by atoms with Gasteiger partial charge in [-0.2, -0.15) is 0 Å². The monoisotopic (exact) mass is 423 g/mol. The predicted octanol–water partition coefficient (Wildman–Crippen LogP) is 6.32. The van der Waals surface area contributed by atoms with Gasteiger partial charge in [0.15, 0.2) is 5.78 Å². The summed E-state index contributed by atoms with van der Waals surface area (Å²) in [5.41, 5.74) is 2.78. The van der Waals surface area contributed by atoms with Crippen molar-refractivity contribution in [2.45, 2.75) is 40.0 Å².